The fourth-order valence-corrected chi connectivity index (χ4v) is 3.55. The summed E-state index contributed by atoms with van der Waals surface area (Å²) in [5.41, 5.74) is 1.04. The number of hydrogen-bond donors (Lipinski definition) is 2. The number of hydrogen-bond acceptors (Lipinski definition) is 3. The van der Waals surface area contributed by atoms with Crippen LogP contribution in [0.25, 0.3) is 0 Å². The SMILES string of the molecule is COc1ccc(C(C)NC(=O)C2NCCCC2(C)C)cc1Br. The fourth-order valence-electron chi connectivity index (χ4n) is 2.99. The maximum absolute atomic E-state index is 12.6. The van der Waals surface area contributed by atoms with Crippen molar-refractivity contribution < 1.29 is 9.53 Å². The van der Waals surface area contributed by atoms with E-state index >= 15 is 0 Å². The summed E-state index contributed by atoms with van der Waals surface area (Å²) >= 11 is 3.49. The highest BCUT2D eigenvalue weighted by molar-refractivity contribution is 9.10. The Bertz CT molecular complexity index is 545. The molecule has 0 saturated carbocycles. The van der Waals surface area contributed by atoms with E-state index < -0.39 is 0 Å². The Morgan fingerprint density at radius 2 is 2.23 bits per heavy atom. The molecule has 1 aromatic rings. The van der Waals surface area contributed by atoms with Gasteiger partial charge in [-0.1, -0.05) is 19.9 Å². The van der Waals surface area contributed by atoms with E-state index in [0.29, 0.717) is 0 Å². The molecule has 0 bridgehead atoms. The lowest BCUT2D eigenvalue weighted by molar-refractivity contribution is -0.127. The van der Waals surface area contributed by atoms with E-state index in [-0.39, 0.29) is 23.4 Å². The zero-order valence-corrected chi connectivity index (χ0v) is 15.3. The Balaban J connectivity index is 2.06. The third kappa shape index (κ3) is 3.82. The number of carbonyl (C=O) groups excluding carboxylic acids is 1. The second-order valence-corrected chi connectivity index (χ2v) is 7.46. The second-order valence-electron chi connectivity index (χ2n) is 6.60. The fraction of sp³-hybridized carbons (Fsp3) is 0.588. The van der Waals surface area contributed by atoms with Gasteiger partial charge in [0.05, 0.1) is 23.7 Å². The van der Waals surface area contributed by atoms with E-state index in [1.807, 2.05) is 25.1 Å². The molecule has 5 heteroatoms. The van der Waals surface area contributed by atoms with Crippen LogP contribution in [-0.4, -0.2) is 25.6 Å². The summed E-state index contributed by atoms with van der Waals surface area (Å²) in [6.07, 6.45) is 2.19. The van der Waals surface area contributed by atoms with Gasteiger partial charge in [-0.2, -0.15) is 0 Å². The molecule has 22 heavy (non-hydrogen) atoms. The summed E-state index contributed by atoms with van der Waals surface area (Å²) in [4.78, 5) is 12.6. The predicted octanol–water partition coefficient (Wildman–Crippen LogP) is 3.41. The van der Waals surface area contributed by atoms with Crippen molar-refractivity contribution in [3.05, 3.63) is 28.2 Å². The van der Waals surface area contributed by atoms with Crippen molar-refractivity contribution in [1.29, 1.82) is 0 Å². The predicted molar refractivity (Wildman–Crippen MR) is 92.1 cm³/mol. The smallest absolute Gasteiger partial charge is 0.238 e. The van der Waals surface area contributed by atoms with Crippen molar-refractivity contribution in [2.75, 3.05) is 13.7 Å². The number of carbonyl (C=O) groups is 1. The van der Waals surface area contributed by atoms with Gasteiger partial charge in [0.15, 0.2) is 0 Å². The minimum Gasteiger partial charge on any atom is -0.496 e. The second kappa shape index (κ2) is 7.01. The summed E-state index contributed by atoms with van der Waals surface area (Å²) in [5.74, 6) is 0.862. The van der Waals surface area contributed by atoms with Gasteiger partial charge in [0.1, 0.15) is 5.75 Å². The van der Waals surface area contributed by atoms with E-state index in [2.05, 4.69) is 40.4 Å². The lowest BCUT2D eigenvalue weighted by Crippen LogP contribution is -2.55. The minimum atomic E-state index is -0.134. The van der Waals surface area contributed by atoms with Crippen molar-refractivity contribution in [2.45, 2.75) is 45.7 Å². The molecule has 2 atom stereocenters. The molecule has 1 heterocycles. The van der Waals surface area contributed by atoms with Crippen LogP contribution in [0, 0.1) is 5.41 Å². The van der Waals surface area contributed by atoms with Crippen LogP contribution >= 0.6 is 15.9 Å². The molecular formula is C17H25BrN2O2. The van der Waals surface area contributed by atoms with Gasteiger partial charge in [0.2, 0.25) is 5.91 Å². The van der Waals surface area contributed by atoms with E-state index in [1.54, 1.807) is 7.11 Å². The van der Waals surface area contributed by atoms with Crippen molar-refractivity contribution in [2.24, 2.45) is 5.41 Å². The van der Waals surface area contributed by atoms with Crippen LogP contribution in [0.4, 0.5) is 0 Å². The van der Waals surface area contributed by atoms with Crippen LogP contribution in [-0.2, 0) is 4.79 Å². The first-order valence-corrected chi connectivity index (χ1v) is 8.51. The molecular weight excluding hydrogens is 344 g/mol. The summed E-state index contributed by atoms with van der Waals surface area (Å²) < 4.78 is 6.13. The highest BCUT2D eigenvalue weighted by atomic mass is 79.9. The number of nitrogens with one attached hydrogen (secondary N) is 2. The Hall–Kier alpha value is -1.07. The number of piperidine rings is 1. The molecule has 1 aliphatic rings. The normalized spacial score (nSPS) is 22.0. The van der Waals surface area contributed by atoms with Crippen molar-refractivity contribution >= 4 is 21.8 Å². The topological polar surface area (TPSA) is 50.4 Å². The largest absolute Gasteiger partial charge is 0.496 e. The average Bonchev–Trinajstić information content (AvgIpc) is 2.46. The molecule has 2 rings (SSSR count). The molecule has 0 spiro atoms. The maximum Gasteiger partial charge on any atom is 0.238 e. The van der Waals surface area contributed by atoms with Crippen LogP contribution in [0.2, 0.25) is 0 Å². The Morgan fingerprint density at radius 1 is 1.50 bits per heavy atom. The molecule has 1 aliphatic heterocycles. The van der Waals surface area contributed by atoms with E-state index in [9.17, 15) is 4.79 Å². The van der Waals surface area contributed by atoms with Crippen LogP contribution in [0.1, 0.15) is 45.2 Å². The van der Waals surface area contributed by atoms with Gasteiger partial charge in [0, 0.05) is 0 Å². The Kier molecular flexibility index (Phi) is 5.50. The number of methoxy groups -OCH3 is 1. The quantitative estimate of drug-likeness (QED) is 0.855. The highest BCUT2D eigenvalue weighted by Gasteiger charge is 2.37. The standard InChI is InChI=1S/C17H25BrN2O2/c1-11(12-6-7-14(22-4)13(18)10-12)20-16(21)15-17(2,3)8-5-9-19-15/h6-7,10-11,15,19H,5,8-9H2,1-4H3,(H,20,21). The molecule has 1 amide bonds. The lowest BCUT2D eigenvalue weighted by Gasteiger charge is -2.38. The van der Waals surface area contributed by atoms with E-state index in [4.69, 9.17) is 4.74 Å². The maximum atomic E-state index is 12.6. The molecule has 2 N–H and O–H groups in total. The van der Waals surface area contributed by atoms with Crippen LogP contribution in [0.15, 0.2) is 22.7 Å². The number of halogens is 1. The van der Waals surface area contributed by atoms with Gasteiger partial charge >= 0.3 is 0 Å². The molecule has 1 fully saturated rings. The molecule has 0 aliphatic carbocycles. The number of benzene rings is 1. The van der Waals surface area contributed by atoms with Gasteiger partial charge in [-0.3, -0.25) is 4.79 Å². The Labute approximate surface area is 141 Å². The number of ether oxygens (including phenoxy) is 1. The van der Waals surface area contributed by atoms with Crippen LogP contribution in [0.5, 0.6) is 5.75 Å². The van der Waals surface area contributed by atoms with Crippen LogP contribution in [0.3, 0.4) is 0 Å². The van der Waals surface area contributed by atoms with Gasteiger partial charge in [-0.25, -0.2) is 0 Å². The van der Waals surface area contributed by atoms with E-state index in [1.165, 1.54) is 0 Å². The van der Waals surface area contributed by atoms with Crippen molar-refractivity contribution in [1.82, 2.24) is 10.6 Å². The third-order valence-electron chi connectivity index (χ3n) is 4.42. The Morgan fingerprint density at radius 3 is 2.82 bits per heavy atom. The van der Waals surface area contributed by atoms with Gasteiger partial charge in [-0.05, 0) is 65.4 Å². The zero-order valence-electron chi connectivity index (χ0n) is 13.7. The minimum absolute atomic E-state index is 0.0114. The molecule has 122 valence electrons. The lowest BCUT2D eigenvalue weighted by atomic mass is 9.77. The van der Waals surface area contributed by atoms with Gasteiger partial charge in [0.25, 0.3) is 0 Å². The van der Waals surface area contributed by atoms with Crippen molar-refractivity contribution in [3.63, 3.8) is 0 Å². The highest BCUT2D eigenvalue weighted by Crippen LogP contribution is 2.31. The first-order valence-electron chi connectivity index (χ1n) is 7.72. The number of rotatable bonds is 4. The first-order chi connectivity index (χ1) is 10.3. The number of amides is 1. The summed E-state index contributed by atoms with van der Waals surface area (Å²) in [7, 11) is 1.64. The van der Waals surface area contributed by atoms with Crippen LogP contribution < -0.4 is 15.4 Å². The zero-order chi connectivity index (χ0) is 16.3. The molecule has 2 unspecified atom stereocenters. The first kappa shape index (κ1) is 17.3. The molecule has 1 aromatic carbocycles. The third-order valence-corrected chi connectivity index (χ3v) is 5.04. The summed E-state index contributed by atoms with van der Waals surface area (Å²) in [6, 6.07) is 5.70. The van der Waals surface area contributed by atoms with Gasteiger partial charge < -0.3 is 15.4 Å². The molecule has 1 saturated heterocycles. The van der Waals surface area contributed by atoms with Crippen molar-refractivity contribution in [3.8, 4) is 5.75 Å². The average molecular weight is 369 g/mol. The monoisotopic (exact) mass is 368 g/mol. The summed E-state index contributed by atoms with van der Waals surface area (Å²) in [6.45, 7) is 7.21. The van der Waals surface area contributed by atoms with E-state index in [0.717, 1.165) is 35.2 Å². The molecule has 0 radical (unpaired) electrons. The van der Waals surface area contributed by atoms with Gasteiger partial charge in [-0.15, -0.1) is 0 Å². The molecule has 0 aromatic heterocycles. The molecule has 4 nitrogen and oxygen atoms in total. The summed E-state index contributed by atoms with van der Waals surface area (Å²) in [5, 5.41) is 6.48.